The van der Waals surface area contributed by atoms with Crippen LogP contribution >= 0.6 is 0 Å². The van der Waals surface area contributed by atoms with Gasteiger partial charge in [-0.05, 0) is 23.3 Å². The van der Waals surface area contributed by atoms with E-state index >= 15 is 0 Å². The van der Waals surface area contributed by atoms with Crippen LogP contribution in [0.1, 0.15) is 17.2 Å². The number of benzene rings is 2. The number of nitrogens with one attached hydrogen (secondary N) is 1. The minimum atomic E-state index is -0.362. The fourth-order valence-electron chi connectivity index (χ4n) is 2.10. The SMILES string of the molecule is O=C1N[C@H](c2ccc(OCc3ccccc3)cc2)CO1. The number of carbonyl (C=O) groups excluding carboxylic acids is 1. The summed E-state index contributed by atoms with van der Waals surface area (Å²) in [5.74, 6) is 0.808. The average molecular weight is 269 g/mol. The minimum Gasteiger partial charge on any atom is -0.489 e. The van der Waals surface area contributed by atoms with Crippen molar-refractivity contribution in [1.29, 1.82) is 0 Å². The maximum absolute atomic E-state index is 11.0. The second-order valence-electron chi connectivity index (χ2n) is 4.64. The summed E-state index contributed by atoms with van der Waals surface area (Å²) in [6.45, 7) is 0.923. The molecule has 2 aromatic rings. The highest BCUT2D eigenvalue weighted by atomic mass is 16.6. The van der Waals surface area contributed by atoms with Gasteiger partial charge in [0.15, 0.2) is 0 Å². The van der Waals surface area contributed by atoms with Gasteiger partial charge in [0.25, 0.3) is 0 Å². The molecular weight excluding hydrogens is 254 g/mol. The molecule has 0 aliphatic carbocycles. The van der Waals surface area contributed by atoms with Crippen molar-refractivity contribution in [2.45, 2.75) is 12.6 Å². The van der Waals surface area contributed by atoms with Crippen molar-refractivity contribution >= 4 is 6.09 Å². The minimum absolute atomic E-state index is 0.0642. The molecule has 0 bridgehead atoms. The first-order chi connectivity index (χ1) is 9.81. The molecule has 1 N–H and O–H groups in total. The first kappa shape index (κ1) is 12.5. The zero-order valence-electron chi connectivity index (χ0n) is 10.9. The summed E-state index contributed by atoms with van der Waals surface area (Å²) in [5, 5.41) is 2.75. The van der Waals surface area contributed by atoms with Crippen LogP contribution in [0.2, 0.25) is 0 Å². The Labute approximate surface area is 117 Å². The average Bonchev–Trinajstić information content (AvgIpc) is 2.93. The van der Waals surface area contributed by atoms with E-state index in [9.17, 15) is 4.79 Å². The van der Waals surface area contributed by atoms with E-state index in [1.54, 1.807) is 0 Å². The monoisotopic (exact) mass is 269 g/mol. The van der Waals surface area contributed by atoms with E-state index in [0.29, 0.717) is 13.2 Å². The maximum Gasteiger partial charge on any atom is 0.407 e. The van der Waals surface area contributed by atoms with Crippen LogP contribution in [0.25, 0.3) is 0 Å². The predicted molar refractivity (Wildman–Crippen MR) is 74.4 cm³/mol. The van der Waals surface area contributed by atoms with Gasteiger partial charge in [-0.2, -0.15) is 0 Å². The molecule has 20 heavy (non-hydrogen) atoms. The predicted octanol–water partition coefficient (Wildman–Crippen LogP) is 3.05. The summed E-state index contributed by atoms with van der Waals surface area (Å²) >= 11 is 0. The summed E-state index contributed by atoms with van der Waals surface area (Å²) in [5.41, 5.74) is 2.15. The van der Waals surface area contributed by atoms with Gasteiger partial charge in [-0.3, -0.25) is 0 Å². The molecule has 1 atom stereocenters. The lowest BCUT2D eigenvalue weighted by Crippen LogP contribution is -2.18. The van der Waals surface area contributed by atoms with E-state index in [1.807, 2.05) is 54.6 Å². The molecule has 4 heteroatoms. The first-order valence-electron chi connectivity index (χ1n) is 6.51. The van der Waals surface area contributed by atoms with Crippen LogP contribution in [0.5, 0.6) is 5.75 Å². The third-order valence-corrected chi connectivity index (χ3v) is 3.20. The molecule has 102 valence electrons. The highest BCUT2D eigenvalue weighted by Gasteiger charge is 2.23. The van der Waals surface area contributed by atoms with Gasteiger partial charge in [-0.25, -0.2) is 4.79 Å². The summed E-state index contributed by atoms with van der Waals surface area (Å²) in [6, 6.07) is 17.7. The first-order valence-corrected chi connectivity index (χ1v) is 6.51. The molecule has 1 saturated heterocycles. The summed E-state index contributed by atoms with van der Waals surface area (Å²) in [7, 11) is 0. The van der Waals surface area contributed by atoms with Crippen LogP contribution in [0, 0.1) is 0 Å². The molecule has 0 spiro atoms. The second kappa shape index (κ2) is 5.65. The van der Waals surface area contributed by atoms with Crippen molar-refractivity contribution in [3.8, 4) is 5.75 Å². The third-order valence-electron chi connectivity index (χ3n) is 3.20. The summed E-state index contributed by atoms with van der Waals surface area (Å²) in [6.07, 6.45) is -0.362. The second-order valence-corrected chi connectivity index (χ2v) is 4.64. The number of hydrogen-bond acceptors (Lipinski definition) is 3. The van der Waals surface area contributed by atoms with E-state index < -0.39 is 0 Å². The molecule has 2 aromatic carbocycles. The molecule has 3 rings (SSSR count). The van der Waals surface area contributed by atoms with Crippen LogP contribution < -0.4 is 10.1 Å². The number of carbonyl (C=O) groups is 1. The molecule has 0 unspecified atom stereocenters. The van der Waals surface area contributed by atoms with Gasteiger partial charge in [0.1, 0.15) is 19.0 Å². The summed E-state index contributed by atoms with van der Waals surface area (Å²) in [4.78, 5) is 11.0. The Morgan fingerprint density at radius 1 is 1.10 bits per heavy atom. The van der Waals surface area contributed by atoms with E-state index in [2.05, 4.69) is 5.32 Å². The Balaban J connectivity index is 1.60. The molecule has 1 fully saturated rings. The molecule has 1 amide bonds. The number of alkyl carbamates (subject to hydrolysis) is 1. The highest BCUT2D eigenvalue weighted by molar-refractivity contribution is 5.70. The number of rotatable bonds is 4. The lowest BCUT2D eigenvalue weighted by molar-refractivity contribution is 0.177. The van der Waals surface area contributed by atoms with E-state index in [0.717, 1.165) is 16.9 Å². The van der Waals surface area contributed by atoms with Crippen LogP contribution in [-0.4, -0.2) is 12.7 Å². The van der Waals surface area contributed by atoms with Crippen molar-refractivity contribution < 1.29 is 14.3 Å². The smallest absolute Gasteiger partial charge is 0.407 e. The van der Waals surface area contributed by atoms with Gasteiger partial charge in [-0.15, -0.1) is 0 Å². The highest BCUT2D eigenvalue weighted by Crippen LogP contribution is 2.21. The normalized spacial score (nSPS) is 17.4. The molecule has 1 heterocycles. The standard InChI is InChI=1S/C16H15NO3/c18-16-17-15(11-20-16)13-6-8-14(9-7-13)19-10-12-4-2-1-3-5-12/h1-9,15H,10-11H2,(H,17,18)/t15-/m0/s1. The Morgan fingerprint density at radius 3 is 2.50 bits per heavy atom. The van der Waals surface area contributed by atoms with E-state index in [4.69, 9.17) is 9.47 Å². The Kier molecular flexibility index (Phi) is 3.54. The lowest BCUT2D eigenvalue weighted by atomic mass is 10.1. The molecule has 0 saturated carbocycles. The van der Waals surface area contributed by atoms with Gasteiger partial charge >= 0.3 is 6.09 Å². The Bertz CT molecular complexity index is 580. The van der Waals surface area contributed by atoms with Crippen molar-refractivity contribution in [3.63, 3.8) is 0 Å². The number of hydrogen-bond donors (Lipinski definition) is 1. The fourth-order valence-corrected chi connectivity index (χ4v) is 2.10. The van der Waals surface area contributed by atoms with E-state index in [-0.39, 0.29) is 12.1 Å². The van der Waals surface area contributed by atoms with Gasteiger partial charge < -0.3 is 14.8 Å². The van der Waals surface area contributed by atoms with Gasteiger partial charge in [0, 0.05) is 0 Å². The largest absolute Gasteiger partial charge is 0.489 e. The molecule has 4 nitrogen and oxygen atoms in total. The van der Waals surface area contributed by atoms with Crippen LogP contribution in [0.15, 0.2) is 54.6 Å². The molecule has 1 aliphatic heterocycles. The fraction of sp³-hybridized carbons (Fsp3) is 0.188. The maximum atomic E-state index is 11.0. The zero-order chi connectivity index (χ0) is 13.8. The number of cyclic esters (lactones) is 1. The molecule has 0 radical (unpaired) electrons. The third kappa shape index (κ3) is 2.91. The van der Waals surface area contributed by atoms with Crippen LogP contribution in [0.3, 0.4) is 0 Å². The van der Waals surface area contributed by atoms with E-state index in [1.165, 1.54) is 0 Å². The van der Waals surface area contributed by atoms with Gasteiger partial charge in [0.2, 0.25) is 0 Å². The number of amides is 1. The van der Waals surface area contributed by atoms with Crippen LogP contribution in [0.4, 0.5) is 4.79 Å². The van der Waals surface area contributed by atoms with Gasteiger partial charge in [0.05, 0.1) is 6.04 Å². The van der Waals surface area contributed by atoms with Crippen molar-refractivity contribution in [2.75, 3.05) is 6.61 Å². The lowest BCUT2D eigenvalue weighted by Gasteiger charge is -2.10. The van der Waals surface area contributed by atoms with Crippen molar-refractivity contribution in [3.05, 3.63) is 65.7 Å². The topological polar surface area (TPSA) is 47.6 Å². The molecule has 0 aromatic heterocycles. The van der Waals surface area contributed by atoms with Gasteiger partial charge in [-0.1, -0.05) is 42.5 Å². The van der Waals surface area contributed by atoms with Crippen molar-refractivity contribution in [1.82, 2.24) is 5.32 Å². The summed E-state index contributed by atoms with van der Waals surface area (Å²) < 4.78 is 10.6. The van der Waals surface area contributed by atoms with Crippen LogP contribution in [-0.2, 0) is 11.3 Å². The van der Waals surface area contributed by atoms with Crippen molar-refractivity contribution in [2.24, 2.45) is 0 Å². The zero-order valence-corrected chi connectivity index (χ0v) is 10.9. The number of ether oxygens (including phenoxy) is 2. The Hall–Kier alpha value is -2.49. The molecular formula is C16H15NO3. The Morgan fingerprint density at radius 2 is 1.85 bits per heavy atom. The molecule has 1 aliphatic rings. The quantitative estimate of drug-likeness (QED) is 0.928.